The highest BCUT2D eigenvalue weighted by Gasteiger charge is 2.33. The molecule has 0 radical (unpaired) electrons. The summed E-state index contributed by atoms with van der Waals surface area (Å²) in [5, 5.41) is 6.58. The Morgan fingerprint density at radius 1 is 1.00 bits per heavy atom. The van der Waals surface area contributed by atoms with Crippen LogP contribution in [0, 0.1) is 0 Å². The van der Waals surface area contributed by atoms with Crippen molar-refractivity contribution in [3.05, 3.63) is 83.7 Å². The Kier molecular flexibility index (Phi) is 6.08. The summed E-state index contributed by atoms with van der Waals surface area (Å²) in [4.78, 5) is 15.2. The van der Waals surface area contributed by atoms with E-state index in [4.69, 9.17) is 0 Å². The van der Waals surface area contributed by atoms with Gasteiger partial charge in [-0.25, -0.2) is 4.68 Å². The molecule has 1 aliphatic rings. The van der Waals surface area contributed by atoms with Gasteiger partial charge in [-0.15, -0.1) is 0 Å². The van der Waals surface area contributed by atoms with E-state index >= 15 is 0 Å². The van der Waals surface area contributed by atoms with Gasteiger partial charge >= 0.3 is 6.18 Å². The van der Waals surface area contributed by atoms with Gasteiger partial charge in [0, 0.05) is 12.7 Å². The number of aromatic nitrogens is 2. The van der Waals surface area contributed by atoms with E-state index in [1.165, 1.54) is 10.9 Å². The van der Waals surface area contributed by atoms with Crippen LogP contribution in [0.25, 0.3) is 5.69 Å². The van der Waals surface area contributed by atoms with Gasteiger partial charge < -0.3 is 5.32 Å². The van der Waals surface area contributed by atoms with E-state index in [1.807, 2.05) is 30.3 Å². The van der Waals surface area contributed by atoms with Crippen LogP contribution in [0.1, 0.15) is 35.7 Å². The first-order valence-electron chi connectivity index (χ1n) is 10.2. The fraction of sp³-hybridized carbons (Fsp3) is 0.304. The van der Waals surface area contributed by atoms with E-state index in [2.05, 4.69) is 15.3 Å². The Bertz CT molecular complexity index is 1010. The molecule has 1 atom stereocenters. The highest BCUT2D eigenvalue weighted by Crippen LogP contribution is 2.28. The van der Waals surface area contributed by atoms with Crippen LogP contribution in [0.15, 0.2) is 66.9 Å². The first-order valence-corrected chi connectivity index (χ1v) is 10.2. The van der Waals surface area contributed by atoms with Crippen LogP contribution in [0.2, 0.25) is 0 Å². The third kappa shape index (κ3) is 4.96. The van der Waals surface area contributed by atoms with Crippen LogP contribution in [0.5, 0.6) is 0 Å². The third-order valence-corrected chi connectivity index (χ3v) is 5.42. The smallest absolute Gasteiger partial charge is 0.350 e. The minimum Gasteiger partial charge on any atom is -0.350 e. The Morgan fingerprint density at radius 2 is 1.68 bits per heavy atom. The monoisotopic (exact) mass is 428 g/mol. The molecule has 0 aliphatic carbocycles. The van der Waals surface area contributed by atoms with Crippen molar-refractivity contribution < 1.29 is 18.0 Å². The lowest BCUT2D eigenvalue weighted by Gasteiger charge is -2.27. The maximum absolute atomic E-state index is 13.0. The van der Waals surface area contributed by atoms with Crippen molar-refractivity contribution in [2.45, 2.75) is 31.6 Å². The first-order chi connectivity index (χ1) is 14.9. The number of rotatable bonds is 6. The Hall–Kier alpha value is -3.13. The highest BCUT2D eigenvalue weighted by atomic mass is 19.4. The fourth-order valence-corrected chi connectivity index (χ4v) is 3.83. The summed E-state index contributed by atoms with van der Waals surface area (Å²) in [5.41, 5.74) is 1.41. The zero-order valence-electron chi connectivity index (χ0n) is 16.8. The molecule has 0 saturated carbocycles. The van der Waals surface area contributed by atoms with E-state index in [0.717, 1.165) is 43.1 Å². The maximum atomic E-state index is 13.0. The summed E-state index contributed by atoms with van der Waals surface area (Å²) in [6, 6.07) is 17.3. The Morgan fingerprint density at radius 3 is 2.29 bits per heavy atom. The quantitative estimate of drug-likeness (QED) is 0.635. The zero-order valence-corrected chi connectivity index (χ0v) is 16.8. The molecule has 4 rings (SSSR count). The molecule has 1 fully saturated rings. The van der Waals surface area contributed by atoms with Crippen LogP contribution in [0.3, 0.4) is 0 Å². The normalized spacial score (nSPS) is 15.7. The number of alkyl halides is 3. The highest BCUT2D eigenvalue weighted by molar-refractivity contribution is 5.83. The van der Waals surface area contributed by atoms with Crippen molar-refractivity contribution in [3.63, 3.8) is 0 Å². The molecule has 1 amide bonds. The van der Waals surface area contributed by atoms with Gasteiger partial charge in [0.15, 0.2) is 5.69 Å². The van der Waals surface area contributed by atoms with Crippen molar-refractivity contribution in [1.29, 1.82) is 0 Å². The van der Waals surface area contributed by atoms with Crippen LogP contribution >= 0.6 is 0 Å². The van der Waals surface area contributed by atoms with Crippen LogP contribution in [-0.2, 0) is 17.5 Å². The summed E-state index contributed by atoms with van der Waals surface area (Å²) in [5.74, 6) is -0.0564. The number of nitrogens with one attached hydrogen (secondary N) is 1. The number of benzene rings is 2. The lowest BCUT2D eigenvalue weighted by atomic mass is 10.0. The molecule has 31 heavy (non-hydrogen) atoms. The second-order valence-electron chi connectivity index (χ2n) is 7.58. The van der Waals surface area contributed by atoms with Gasteiger partial charge in [0.2, 0.25) is 5.91 Å². The minimum atomic E-state index is -4.47. The molecule has 1 N–H and O–H groups in total. The maximum Gasteiger partial charge on any atom is 0.435 e. The van der Waals surface area contributed by atoms with Crippen molar-refractivity contribution in [2.75, 3.05) is 13.1 Å². The van der Waals surface area contributed by atoms with Crippen LogP contribution in [0.4, 0.5) is 13.2 Å². The molecule has 1 aromatic heterocycles. The van der Waals surface area contributed by atoms with Crippen LogP contribution in [-0.4, -0.2) is 33.7 Å². The molecule has 2 heterocycles. The number of carbonyl (C=O) groups excluding carboxylic acids is 1. The van der Waals surface area contributed by atoms with Gasteiger partial charge in [-0.1, -0.05) is 42.5 Å². The SMILES string of the molecule is O=C(NCc1ccc(-n2ccc(C(F)(F)F)n2)cc1)C(c1ccccc1)N1CCCC1. The number of hydrogen-bond donors (Lipinski definition) is 1. The molecule has 8 heteroatoms. The standard InChI is InChI=1S/C23H23F3N4O/c24-23(25,26)20-12-15-30(28-20)19-10-8-17(9-11-19)16-27-22(31)21(29-13-4-5-14-29)18-6-2-1-3-7-18/h1-3,6-12,15,21H,4-5,13-14,16H2,(H,27,31). The number of nitrogens with zero attached hydrogens (tertiary/aromatic N) is 3. The van der Waals surface area contributed by atoms with Crippen molar-refractivity contribution in [2.24, 2.45) is 0 Å². The second-order valence-corrected chi connectivity index (χ2v) is 7.58. The molecular formula is C23H23F3N4O. The van der Waals surface area contributed by atoms with E-state index in [0.29, 0.717) is 12.2 Å². The largest absolute Gasteiger partial charge is 0.435 e. The Labute approximate surface area is 178 Å². The number of likely N-dealkylation sites (tertiary alicyclic amines) is 1. The molecule has 0 bridgehead atoms. The van der Waals surface area contributed by atoms with E-state index in [9.17, 15) is 18.0 Å². The number of hydrogen-bond acceptors (Lipinski definition) is 3. The molecule has 3 aromatic rings. The summed E-state index contributed by atoms with van der Waals surface area (Å²) < 4.78 is 39.4. The predicted octanol–water partition coefficient (Wildman–Crippen LogP) is 4.34. The molecule has 5 nitrogen and oxygen atoms in total. The summed E-state index contributed by atoms with van der Waals surface area (Å²) in [6.07, 6.45) is -1.02. The van der Waals surface area contributed by atoms with Gasteiger partial charge in [0.1, 0.15) is 6.04 Å². The number of halogens is 3. The van der Waals surface area contributed by atoms with Crippen molar-refractivity contribution in [3.8, 4) is 5.69 Å². The third-order valence-electron chi connectivity index (χ3n) is 5.42. The van der Waals surface area contributed by atoms with Crippen molar-refractivity contribution >= 4 is 5.91 Å². The molecule has 162 valence electrons. The minimum absolute atomic E-state index is 0.0564. The average molecular weight is 428 g/mol. The van der Waals surface area contributed by atoms with Gasteiger partial charge in [0.05, 0.1) is 5.69 Å². The molecule has 1 unspecified atom stereocenters. The van der Waals surface area contributed by atoms with E-state index in [-0.39, 0.29) is 11.9 Å². The fourth-order valence-electron chi connectivity index (χ4n) is 3.83. The number of carbonyl (C=O) groups is 1. The average Bonchev–Trinajstić information content (AvgIpc) is 3.46. The van der Waals surface area contributed by atoms with Crippen molar-refractivity contribution in [1.82, 2.24) is 20.0 Å². The second kappa shape index (κ2) is 8.93. The Balaban J connectivity index is 1.42. The van der Waals surface area contributed by atoms with E-state index in [1.54, 1.807) is 24.3 Å². The lowest BCUT2D eigenvalue weighted by molar-refractivity contribution is -0.141. The summed E-state index contributed by atoms with van der Waals surface area (Å²) in [6.45, 7) is 2.13. The van der Waals surface area contributed by atoms with Gasteiger partial charge in [-0.05, 0) is 55.3 Å². The topological polar surface area (TPSA) is 50.2 Å². The van der Waals surface area contributed by atoms with Gasteiger partial charge in [-0.2, -0.15) is 18.3 Å². The first kappa shape index (κ1) is 21.1. The summed E-state index contributed by atoms with van der Waals surface area (Å²) >= 11 is 0. The number of amides is 1. The zero-order chi connectivity index (χ0) is 21.8. The summed E-state index contributed by atoms with van der Waals surface area (Å²) in [7, 11) is 0. The van der Waals surface area contributed by atoms with Gasteiger partial charge in [0.25, 0.3) is 0 Å². The molecule has 0 spiro atoms. The molecular weight excluding hydrogens is 405 g/mol. The van der Waals surface area contributed by atoms with E-state index < -0.39 is 11.9 Å². The predicted molar refractivity (Wildman–Crippen MR) is 110 cm³/mol. The van der Waals surface area contributed by atoms with Crippen LogP contribution < -0.4 is 5.32 Å². The molecule has 1 aliphatic heterocycles. The lowest BCUT2D eigenvalue weighted by Crippen LogP contribution is -2.39. The molecule has 1 saturated heterocycles. The molecule has 2 aromatic carbocycles. The van der Waals surface area contributed by atoms with Gasteiger partial charge in [-0.3, -0.25) is 9.69 Å².